The first-order chi connectivity index (χ1) is 9.82. The van der Waals surface area contributed by atoms with Gasteiger partial charge in [-0.15, -0.1) is 0 Å². The molecule has 2 rings (SSSR count). The van der Waals surface area contributed by atoms with Gasteiger partial charge in [0.1, 0.15) is 0 Å². The number of halogens is 1. The van der Waals surface area contributed by atoms with Gasteiger partial charge in [0, 0.05) is 12.1 Å². The molecule has 0 aliphatic heterocycles. The highest BCUT2D eigenvalue weighted by atomic mass is 79.9. The fourth-order valence-corrected chi connectivity index (χ4v) is 2.86. The summed E-state index contributed by atoms with van der Waals surface area (Å²) in [4.78, 5) is 21.6. The summed E-state index contributed by atoms with van der Waals surface area (Å²) in [7, 11) is 0. The molecule has 1 N–H and O–H groups in total. The monoisotopic (exact) mass is 353 g/mol. The van der Waals surface area contributed by atoms with Crippen molar-refractivity contribution in [3.05, 3.63) is 50.2 Å². The Labute approximate surface area is 128 Å². The van der Waals surface area contributed by atoms with E-state index in [0.717, 1.165) is 0 Å². The smallest absolute Gasteiger partial charge is 0.357 e. The van der Waals surface area contributed by atoms with Crippen LogP contribution in [0.2, 0.25) is 0 Å². The molecule has 0 atom stereocenters. The van der Waals surface area contributed by atoms with Crippen LogP contribution in [0, 0.1) is 10.1 Å². The van der Waals surface area contributed by atoms with Crippen molar-refractivity contribution < 1.29 is 14.8 Å². The van der Waals surface area contributed by atoms with Crippen molar-refractivity contribution in [3.8, 4) is 5.69 Å². The van der Waals surface area contributed by atoms with Gasteiger partial charge in [0.25, 0.3) is 5.69 Å². The number of carbonyl (C=O) groups is 1. The molecule has 0 fully saturated rings. The SMILES string of the molecule is CC(C)c1c(Br)c(C(=O)O)nn1-c1cccc([N+](=O)[O-])c1. The second-order valence-corrected chi connectivity index (χ2v) is 5.49. The van der Waals surface area contributed by atoms with Crippen LogP contribution in [0.1, 0.15) is 35.9 Å². The Morgan fingerprint density at radius 2 is 2.14 bits per heavy atom. The van der Waals surface area contributed by atoms with E-state index >= 15 is 0 Å². The third kappa shape index (κ3) is 2.80. The highest BCUT2D eigenvalue weighted by Gasteiger charge is 2.24. The van der Waals surface area contributed by atoms with Crippen LogP contribution >= 0.6 is 15.9 Å². The molecule has 1 aromatic heterocycles. The normalized spacial score (nSPS) is 10.9. The third-order valence-corrected chi connectivity index (χ3v) is 3.68. The molecule has 0 radical (unpaired) electrons. The third-order valence-electron chi connectivity index (χ3n) is 2.90. The van der Waals surface area contributed by atoms with E-state index in [0.29, 0.717) is 15.9 Å². The number of carboxylic acid groups (broad SMARTS) is 1. The number of hydrogen-bond acceptors (Lipinski definition) is 4. The maximum atomic E-state index is 11.2. The molecule has 0 aliphatic rings. The zero-order valence-corrected chi connectivity index (χ0v) is 12.9. The summed E-state index contributed by atoms with van der Waals surface area (Å²) < 4.78 is 1.81. The second-order valence-electron chi connectivity index (χ2n) is 4.70. The quantitative estimate of drug-likeness (QED) is 0.671. The number of hydrogen-bond donors (Lipinski definition) is 1. The van der Waals surface area contributed by atoms with E-state index in [9.17, 15) is 14.9 Å². The molecule has 0 unspecified atom stereocenters. The van der Waals surface area contributed by atoms with Crippen LogP contribution in [0.25, 0.3) is 5.69 Å². The van der Waals surface area contributed by atoms with E-state index in [-0.39, 0.29) is 17.3 Å². The Hall–Kier alpha value is -2.22. The first-order valence-electron chi connectivity index (χ1n) is 6.09. The van der Waals surface area contributed by atoms with Crippen molar-refractivity contribution in [2.75, 3.05) is 0 Å². The largest absolute Gasteiger partial charge is 0.476 e. The summed E-state index contributed by atoms with van der Waals surface area (Å²) in [6, 6.07) is 5.91. The predicted octanol–water partition coefficient (Wildman–Crippen LogP) is 3.36. The standard InChI is InChI=1S/C13H12BrN3O4/c1-7(2)12-10(14)11(13(18)19)15-16(12)8-4-3-5-9(6-8)17(20)21/h3-7H,1-2H3,(H,18,19). The fourth-order valence-electron chi connectivity index (χ4n) is 1.98. The van der Waals surface area contributed by atoms with Gasteiger partial charge in [0.05, 0.1) is 20.8 Å². The molecule has 8 heteroatoms. The van der Waals surface area contributed by atoms with Crippen molar-refractivity contribution in [1.82, 2.24) is 9.78 Å². The molecule has 0 spiro atoms. The molecule has 21 heavy (non-hydrogen) atoms. The zero-order chi connectivity index (χ0) is 15.7. The second kappa shape index (κ2) is 5.65. The van der Waals surface area contributed by atoms with Crippen molar-refractivity contribution in [2.45, 2.75) is 19.8 Å². The Bertz CT molecular complexity index is 724. The first kappa shape index (κ1) is 15.2. The van der Waals surface area contributed by atoms with Crippen LogP contribution in [0.15, 0.2) is 28.7 Å². The van der Waals surface area contributed by atoms with Gasteiger partial charge >= 0.3 is 5.97 Å². The van der Waals surface area contributed by atoms with Crippen LogP contribution in [0.3, 0.4) is 0 Å². The average molecular weight is 354 g/mol. The molecule has 2 aromatic rings. The topological polar surface area (TPSA) is 98.3 Å². The Morgan fingerprint density at radius 3 is 2.67 bits per heavy atom. The van der Waals surface area contributed by atoms with Crippen LogP contribution in [-0.4, -0.2) is 25.8 Å². The highest BCUT2D eigenvalue weighted by Crippen LogP contribution is 2.31. The number of aromatic carboxylic acids is 1. The van der Waals surface area contributed by atoms with Crippen LogP contribution < -0.4 is 0 Å². The van der Waals surface area contributed by atoms with Gasteiger partial charge in [-0.1, -0.05) is 19.9 Å². The lowest BCUT2D eigenvalue weighted by molar-refractivity contribution is -0.384. The number of carboxylic acids is 1. The van der Waals surface area contributed by atoms with Gasteiger partial charge in [0.15, 0.2) is 5.69 Å². The number of nitrogens with zero attached hydrogens (tertiary/aromatic N) is 3. The molecule has 0 saturated heterocycles. The van der Waals surface area contributed by atoms with Gasteiger partial charge in [-0.05, 0) is 27.9 Å². The van der Waals surface area contributed by atoms with E-state index in [1.54, 1.807) is 6.07 Å². The van der Waals surface area contributed by atoms with Gasteiger partial charge in [0.2, 0.25) is 0 Å². The van der Waals surface area contributed by atoms with E-state index in [4.69, 9.17) is 5.11 Å². The lowest BCUT2D eigenvalue weighted by atomic mass is 10.1. The summed E-state index contributed by atoms with van der Waals surface area (Å²) in [5, 5.41) is 24.1. The van der Waals surface area contributed by atoms with Crippen LogP contribution in [0.4, 0.5) is 5.69 Å². The molecular formula is C13H12BrN3O4. The highest BCUT2D eigenvalue weighted by molar-refractivity contribution is 9.10. The van der Waals surface area contributed by atoms with Crippen LogP contribution in [0.5, 0.6) is 0 Å². The minimum absolute atomic E-state index is 0.0146. The summed E-state index contributed by atoms with van der Waals surface area (Å²) >= 11 is 3.25. The van der Waals surface area contributed by atoms with E-state index < -0.39 is 10.9 Å². The lowest BCUT2D eigenvalue weighted by Crippen LogP contribution is -2.05. The Balaban J connectivity index is 2.68. The molecule has 0 amide bonds. The molecule has 0 aliphatic carbocycles. The van der Waals surface area contributed by atoms with Crippen molar-refractivity contribution >= 4 is 27.6 Å². The van der Waals surface area contributed by atoms with Gasteiger partial charge in [-0.2, -0.15) is 5.10 Å². The van der Waals surface area contributed by atoms with Gasteiger partial charge in [-0.25, -0.2) is 9.48 Å². The summed E-state index contributed by atoms with van der Waals surface area (Å²) in [6.07, 6.45) is 0. The van der Waals surface area contributed by atoms with Crippen molar-refractivity contribution in [2.24, 2.45) is 0 Å². The first-order valence-corrected chi connectivity index (χ1v) is 6.88. The number of non-ortho nitro benzene ring substituents is 1. The number of aromatic nitrogens is 2. The molecule has 0 bridgehead atoms. The minimum Gasteiger partial charge on any atom is -0.476 e. The molecule has 1 aromatic carbocycles. The number of benzene rings is 1. The molecule has 7 nitrogen and oxygen atoms in total. The summed E-state index contributed by atoms with van der Waals surface area (Å²) in [5.41, 5.74) is 0.893. The summed E-state index contributed by atoms with van der Waals surface area (Å²) in [5.74, 6) is -1.17. The average Bonchev–Trinajstić information content (AvgIpc) is 2.76. The maximum Gasteiger partial charge on any atom is 0.357 e. The van der Waals surface area contributed by atoms with E-state index in [1.807, 2.05) is 13.8 Å². The Morgan fingerprint density at radius 1 is 1.48 bits per heavy atom. The fraction of sp³-hybridized carbons (Fsp3) is 0.231. The number of rotatable bonds is 4. The van der Waals surface area contributed by atoms with E-state index in [1.165, 1.54) is 22.9 Å². The van der Waals surface area contributed by atoms with Crippen LogP contribution in [-0.2, 0) is 0 Å². The zero-order valence-electron chi connectivity index (χ0n) is 11.3. The summed E-state index contributed by atoms with van der Waals surface area (Å²) in [6.45, 7) is 3.78. The Kier molecular flexibility index (Phi) is 4.08. The van der Waals surface area contributed by atoms with Gasteiger partial charge in [-0.3, -0.25) is 10.1 Å². The predicted molar refractivity (Wildman–Crippen MR) is 79.0 cm³/mol. The maximum absolute atomic E-state index is 11.2. The molecule has 1 heterocycles. The minimum atomic E-state index is -1.16. The van der Waals surface area contributed by atoms with Crippen molar-refractivity contribution in [1.29, 1.82) is 0 Å². The van der Waals surface area contributed by atoms with E-state index in [2.05, 4.69) is 21.0 Å². The number of nitro benzene ring substituents is 1. The van der Waals surface area contributed by atoms with Gasteiger partial charge < -0.3 is 5.11 Å². The number of nitro groups is 1. The molecule has 110 valence electrons. The molecule has 0 saturated carbocycles. The van der Waals surface area contributed by atoms with Crippen molar-refractivity contribution in [3.63, 3.8) is 0 Å². The lowest BCUT2D eigenvalue weighted by Gasteiger charge is -2.10. The molecular weight excluding hydrogens is 342 g/mol.